The number of aliphatic hydroxyl groups excluding tert-OH is 1. The van der Waals surface area contributed by atoms with Gasteiger partial charge >= 0.3 is 6.09 Å². The van der Waals surface area contributed by atoms with Crippen molar-refractivity contribution in [3.8, 4) is 5.75 Å². The average molecular weight is 384 g/mol. The molecule has 1 fully saturated rings. The fourth-order valence-corrected chi connectivity index (χ4v) is 3.13. The molecule has 0 saturated carbocycles. The van der Waals surface area contributed by atoms with Crippen LogP contribution in [0.4, 0.5) is 4.79 Å². The zero-order valence-electron chi connectivity index (χ0n) is 12.9. The number of allylic oxidation sites excluding steroid dienone is 1. The van der Waals surface area contributed by atoms with E-state index in [1.54, 1.807) is 0 Å². The van der Waals surface area contributed by atoms with E-state index in [-0.39, 0.29) is 0 Å². The Morgan fingerprint density at radius 3 is 3.00 bits per heavy atom. The van der Waals surface area contributed by atoms with E-state index in [1.165, 1.54) is 4.90 Å². The SMILES string of the molecule is C=CCCCOc1cc(Br)ccc1[C@@H]1CC(O)CCN1C(=O)O. The summed E-state index contributed by atoms with van der Waals surface area (Å²) in [4.78, 5) is 12.9. The number of aliphatic hydroxyl groups is 1. The molecule has 2 N–H and O–H groups in total. The number of ether oxygens (including phenoxy) is 1. The van der Waals surface area contributed by atoms with Crippen LogP contribution in [0.5, 0.6) is 5.75 Å². The average Bonchev–Trinajstić information content (AvgIpc) is 2.51. The van der Waals surface area contributed by atoms with E-state index in [2.05, 4.69) is 22.5 Å². The van der Waals surface area contributed by atoms with Crippen LogP contribution in [-0.2, 0) is 0 Å². The second kappa shape index (κ2) is 8.36. The van der Waals surface area contributed by atoms with E-state index in [9.17, 15) is 15.0 Å². The first kappa shape index (κ1) is 17.8. The largest absolute Gasteiger partial charge is 0.493 e. The van der Waals surface area contributed by atoms with Gasteiger partial charge in [0, 0.05) is 16.6 Å². The van der Waals surface area contributed by atoms with E-state index >= 15 is 0 Å². The number of carboxylic acid groups (broad SMARTS) is 1. The molecule has 0 bridgehead atoms. The minimum atomic E-state index is -0.970. The molecule has 0 aromatic heterocycles. The van der Waals surface area contributed by atoms with Gasteiger partial charge in [-0.25, -0.2) is 4.79 Å². The number of likely N-dealkylation sites (tertiary alicyclic amines) is 1. The maximum absolute atomic E-state index is 11.5. The Labute approximate surface area is 144 Å². The lowest BCUT2D eigenvalue weighted by Crippen LogP contribution is -2.42. The van der Waals surface area contributed by atoms with Crippen LogP contribution in [0.15, 0.2) is 35.3 Å². The summed E-state index contributed by atoms with van der Waals surface area (Å²) in [6.07, 6.45) is 2.95. The number of carbonyl (C=O) groups is 1. The van der Waals surface area contributed by atoms with Gasteiger partial charge in [0.2, 0.25) is 0 Å². The first-order valence-electron chi connectivity index (χ1n) is 7.73. The highest BCUT2D eigenvalue weighted by Gasteiger charge is 2.33. The summed E-state index contributed by atoms with van der Waals surface area (Å²) < 4.78 is 6.73. The highest BCUT2D eigenvalue weighted by molar-refractivity contribution is 9.10. The van der Waals surface area contributed by atoms with E-state index < -0.39 is 18.2 Å². The molecule has 0 radical (unpaired) electrons. The fourth-order valence-electron chi connectivity index (χ4n) is 2.79. The molecule has 1 aromatic rings. The Morgan fingerprint density at radius 1 is 1.52 bits per heavy atom. The summed E-state index contributed by atoms with van der Waals surface area (Å²) in [6, 6.07) is 5.20. The quantitative estimate of drug-likeness (QED) is 0.575. The maximum Gasteiger partial charge on any atom is 0.407 e. The summed E-state index contributed by atoms with van der Waals surface area (Å²) in [5.41, 5.74) is 0.799. The summed E-state index contributed by atoms with van der Waals surface area (Å²) in [5, 5.41) is 19.4. The third-order valence-corrected chi connectivity index (χ3v) is 4.46. The van der Waals surface area contributed by atoms with Gasteiger partial charge in [0.25, 0.3) is 0 Å². The number of amides is 1. The van der Waals surface area contributed by atoms with Crippen LogP contribution in [-0.4, -0.2) is 40.5 Å². The lowest BCUT2D eigenvalue weighted by atomic mass is 9.93. The van der Waals surface area contributed by atoms with Gasteiger partial charge in [-0.3, -0.25) is 0 Å². The van der Waals surface area contributed by atoms with Crippen LogP contribution in [0.1, 0.15) is 37.3 Å². The molecule has 1 aliphatic heterocycles. The zero-order chi connectivity index (χ0) is 16.8. The van der Waals surface area contributed by atoms with Crippen molar-refractivity contribution in [2.75, 3.05) is 13.2 Å². The number of benzene rings is 1. The first-order chi connectivity index (χ1) is 11.0. The maximum atomic E-state index is 11.5. The topological polar surface area (TPSA) is 70.0 Å². The van der Waals surface area contributed by atoms with Gasteiger partial charge in [-0.15, -0.1) is 6.58 Å². The van der Waals surface area contributed by atoms with Gasteiger partial charge in [0.05, 0.1) is 18.8 Å². The molecular formula is C17H22BrNO4. The highest BCUT2D eigenvalue weighted by Crippen LogP contribution is 2.37. The van der Waals surface area contributed by atoms with Crippen molar-refractivity contribution in [3.63, 3.8) is 0 Å². The minimum absolute atomic E-state index is 0.327. The van der Waals surface area contributed by atoms with Crippen molar-refractivity contribution < 1.29 is 19.7 Å². The van der Waals surface area contributed by atoms with E-state index in [0.29, 0.717) is 31.7 Å². The van der Waals surface area contributed by atoms with Gasteiger partial charge in [0.15, 0.2) is 0 Å². The van der Waals surface area contributed by atoms with Crippen LogP contribution in [0.3, 0.4) is 0 Å². The molecule has 1 heterocycles. The van der Waals surface area contributed by atoms with E-state index in [4.69, 9.17) is 4.74 Å². The first-order valence-corrected chi connectivity index (χ1v) is 8.53. The standard InChI is InChI=1S/C17H22BrNO4/c1-2-3-4-9-23-16-10-12(18)5-6-14(16)15-11-13(20)7-8-19(15)17(21)22/h2,5-6,10,13,15,20H,1,3-4,7-9,11H2,(H,21,22)/t13?,15-/m0/s1. The number of nitrogens with zero attached hydrogens (tertiary/aromatic N) is 1. The monoisotopic (exact) mass is 383 g/mol. The number of rotatable bonds is 6. The zero-order valence-corrected chi connectivity index (χ0v) is 14.5. The number of unbranched alkanes of at least 4 members (excludes halogenated alkanes) is 1. The van der Waals surface area contributed by atoms with Crippen LogP contribution < -0.4 is 4.74 Å². The summed E-state index contributed by atoms with van der Waals surface area (Å²) in [5.74, 6) is 0.661. The molecule has 1 aromatic carbocycles. The normalized spacial score (nSPS) is 21.0. The summed E-state index contributed by atoms with van der Waals surface area (Å²) in [7, 11) is 0. The third kappa shape index (κ3) is 4.72. The predicted octanol–water partition coefficient (Wildman–Crippen LogP) is 3.97. The van der Waals surface area contributed by atoms with Crippen molar-refractivity contribution in [2.45, 2.75) is 37.8 Å². The summed E-state index contributed by atoms with van der Waals surface area (Å²) in [6.45, 7) is 4.55. The third-order valence-electron chi connectivity index (χ3n) is 3.97. The Bertz CT molecular complexity index is 564. The van der Waals surface area contributed by atoms with E-state index in [1.807, 2.05) is 24.3 Å². The van der Waals surface area contributed by atoms with Crippen LogP contribution >= 0.6 is 15.9 Å². The molecular weight excluding hydrogens is 362 g/mol. The molecule has 1 unspecified atom stereocenters. The van der Waals surface area contributed by atoms with Crippen molar-refractivity contribution in [1.82, 2.24) is 4.90 Å². The van der Waals surface area contributed by atoms with Gasteiger partial charge < -0.3 is 19.8 Å². The van der Waals surface area contributed by atoms with Gasteiger partial charge in [-0.2, -0.15) is 0 Å². The van der Waals surface area contributed by atoms with Crippen LogP contribution in [0.25, 0.3) is 0 Å². The smallest absolute Gasteiger partial charge is 0.407 e. The lowest BCUT2D eigenvalue weighted by molar-refractivity contribution is 0.0415. The summed E-state index contributed by atoms with van der Waals surface area (Å²) >= 11 is 3.42. The molecule has 1 amide bonds. The highest BCUT2D eigenvalue weighted by atomic mass is 79.9. The Morgan fingerprint density at radius 2 is 2.30 bits per heavy atom. The Balaban J connectivity index is 2.24. The van der Waals surface area contributed by atoms with Crippen molar-refractivity contribution >= 4 is 22.0 Å². The molecule has 5 nitrogen and oxygen atoms in total. The molecule has 0 aliphatic carbocycles. The Kier molecular flexibility index (Phi) is 6.47. The van der Waals surface area contributed by atoms with Crippen molar-refractivity contribution in [3.05, 3.63) is 40.9 Å². The molecule has 1 aliphatic rings. The molecule has 0 spiro atoms. The van der Waals surface area contributed by atoms with Crippen molar-refractivity contribution in [1.29, 1.82) is 0 Å². The van der Waals surface area contributed by atoms with Gasteiger partial charge in [0.1, 0.15) is 5.75 Å². The van der Waals surface area contributed by atoms with Crippen molar-refractivity contribution in [2.24, 2.45) is 0 Å². The second-order valence-electron chi connectivity index (χ2n) is 5.63. The molecule has 126 valence electrons. The van der Waals surface area contributed by atoms with E-state index in [0.717, 1.165) is 22.9 Å². The molecule has 2 rings (SSSR count). The van der Waals surface area contributed by atoms with Gasteiger partial charge in [-0.05, 0) is 37.8 Å². The minimum Gasteiger partial charge on any atom is -0.493 e. The number of hydrogen-bond donors (Lipinski definition) is 2. The Hall–Kier alpha value is -1.53. The number of halogens is 1. The number of hydrogen-bond acceptors (Lipinski definition) is 3. The van der Waals surface area contributed by atoms with Crippen LogP contribution in [0.2, 0.25) is 0 Å². The second-order valence-corrected chi connectivity index (χ2v) is 6.55. The molecule has 6 heteroatoms. The predicted molar refractivity (Wildman–Crippen MR) is 91.8 cm³/mol. The molecule has 1 saturated heterocycles. The van der Waals surface area contributed by atoms with Gasteiger partial charge in [-0.1, -0.05) is 28.1 Å². The molecule has 23 heavy (non-hydrogen) atoms. The lowest BCUT2D eigenvalue weighted by Gasteiger charge is -2.36. The number of piperidine rings is 1. The van der Waals surface area contributed by atoms with Crippen LogP contribution in [0, 0.1) is 0 Å². The fraction of sp³-hybridized carbons (Fsp3) is 0.471. The molecule has 2 atom stereocenters.